The van der Waals surface area contributed by atoms with Gasteiger partial charge in [0.05, 0.1) is 6.04 Å². The number of aromatic nitrogens is 1. The van der Waals surface area contributed by atoms with Crippen molar-refractivity contribution in [2.24, 2.45) is 0 Å². The molecule has 2 unspecified atom stereocenters. The van der Waals surface area contributed by atoms with Crippen molar-refractivity contribution in [3.05, 3.63) is 70.3 Å². The van der Waals surface area contributed by atoms with Crippen LogP contribution in [-0.2, 0) is 12.8 Å². The minimum atomic E-state index is -1.29. The second-order valence-electron chi connectivity index (χ2n) is 8.77. The smallest absolute Gasteiger partial charge is 0.123 e. The molecule has 0 radical (unpaired) electrons. The normalized spacial score (nSPS) is 22.4. The molecule has 2 aromatic rings. The Bertz CT molecular complexity index is 909. The minimum absolute atomic E-state index is 0.0253. The first-order chi connectivity index (χ1) is 13.3. The van der Waals surface area contributed by atoms with E-state index in [9.17, 15) is 8.78 Å². The van der Waals surface area contributed by atoms with Crippen molar-refractivity contribution < 1.29 is 8.78 Å². The maximum atomic E-state index is 14.7. The maximum Gasteiger partial charge on any atom is 0.123 e. The van der Waals surface area contributed by atoms with Gasteiger partial charge < -0.3 is 0 Å². The zero-order valence-corrected chi connectivity index (χ0v) is 17.1. The maximum absolute atomic E-state index is 14.7. The molecule has 2 heterocycles. The fourth-order valence-electron chi connectivity index (χ4n) is 4.74. The number of rotatable bonds is 4. The van der Waals surface area contributed by atoms with Crippen LogP contribution in [0.15, 0.2) is 42.1 Å². The highest BCUT2D eigenvalue weighted by Gasteiger charge is 2.41. The molecule has 0 bridgehead atoms. The molecule has 148 valence electrons. The molecule has 4 rings (SSSR count). The number of nitrogens with zero attached hydrogens (tertiary/aromatic N) is 2. The van der Waals surface area contributed by atoms with E-state index in [4.69, 9.17) is 0 Å². The molecular formula is C24H28F2N2. The molecule has 1 aromatic carbocycles. The number of hydrogen-bond donors (Lipinski definition) is 0. The second-order valence-corrected chi connectivity index (χ2v) is 8.77. The number of alkyl halides is 1. The summed E-state index contributed by atoms with van der Waals surface area (Å²) in [6.07, 6.45) is 4.41. The van der Waals surface area contributed by atoms with Crippen molar-refractivity contribution in [3.63, 3.8) is 0 Å². The van der Waals surface area contributed by atoms with Gasteiger partial charge in [-0.05, 0) is 86.1 Å². The van der Waals surface area contributed by atoms with Gasteiger partial charge in [-0.25, -0.2) is 8.78 Å². The number of pyridine rings is 1. The number of halogens is 2. The molecule has 2 aliphatic rings. The third-order valence-corrected chi connectivity index (χ3v) is 5.97. The highest BCUT2D eigenvalue weighted by atomic mass is 19.1. The van der Waals surface area contributed by atoms with Crippen molar-refractivity contribution in [2.75, 3.05) is 6.54 Å². The summed E-state index contributed by atoms with van der Waals surface area (Å²) in [7, 11) is 0. The number of benzene rings is 1. The van der Waals surface area contributed by atoms with Crippen LogP contribution in [-0.4, -0.2) is 28.1 Å². The summed E-state index contributed by atoms with van der Waals surface area (Å²) in [6, 6.07) is 9.46. The van der Waals surface area contributed by atoms with Crippen LogP contribution in [0.4, 0.5) is 8.78 Å². The zero-order chi connectivity index (χ0) is 20.1. The Balaban J connectivity index is 1.81. The molecule has 28 heavy (non-hydrogen) atoms. The molecule has 2 nitrogen and oxygen atoms in total. The largest absolute Gasteiger partial charge is 0.286 e. The monoisotopic (exact) mass is 382 g/mol. The van der Waals surface area contributed by atoms with E-state index in [-0.39, 0.29) is 17.9 Å². The molecule has 1 aromatic heterocycles. The van der Waals surface area contributed by atoms with Crippen LogP contribution in [0.25, 0.3) is 5.57 Å². The van der Waals surface area contributed by atoms with Crippen LogP contribution in [0.1, 0.15) is 62.5 Å². The minimum Gasteiger partial charge on any atom is -0.286 e. The molecule has 1 aliphatic heterocycles. The molecule has 0 spiro atoms. The Labute approximate surface area is 166 Å². The van der Waals surface area contributed by atoms with Crippen molar-refractivity contribution in [2.45, 2.75) is 64.7 Å². The van der Waals surface area contributed by atoms with E-state index < -0.39 is 5.67 Å². The molecule has 4 heteroatoms. The van der Waals surface area contributed by atoms with E-state index in [1.807, 2.05) is 12.3 Å². The average molecular weight is 382 g/mol. The first-order valence-electron chi connectivity index (χ1n) is 10.2. The molecular weight excluding hydrogens is 354 g/mol. The third-order valence-electron chi connectivity index (χ3n) is 5.97. The van der Waals surface area contributed by atoms with Crippen molar-refractivity contribution >= 4 is 5.57 Å². The van der Waals surface area contributed by atoms with Gasteiger partial charge in [-0.3, -0.25) is 9.88 Å². The molecule has 0 N–H and O–H groups in total. The van der Waals surface area contributed by atoms with Gasteiger partial charge in [-0.1, -0.05) is 19.1 Å². The van der Waals surface area contributed by atoms with Gasteiger partial charge in [0.25, 0.3) is 0 Å². The molecule has 0 saturated heterocycles. The Kier molecular flexibility index (Phi) is 4.86. The first-order valence-corrected chi connectivity index (χ1v) is 10.2. The zero-order valence-electron chi connectivity index (χ0n) is 17.1. The van der Waals surface area contributed by atoms with Crippen molar-refractivity contribution in [1.29, 1.82) is 0 Å². The molecule has 2 atom stereocenters. The van der Waals surface area contributed by atoms with Crippen LogP contribution < -0.4 is 0 Å². The van der Waals surface area contributed by atoms with E-state index in [1.165, 1.54) is 11.1 Å². The first kappa shape index (κ1) is 19.3. The summed E-state index contributed by atoms with van der Waals surface area (Å²) >= 11 is 0. The fourth-order valence-corrected chi connectivity index (χ4v) is 4.74. The lowest BCUT2D eigenvalue weighted by molar-refractivity contribution is 0.0701. The van der Waals surface area contributed by atoms with Crippen LogP contribution >= 0.6 is 0 Å². The summed E-state index contributed by atoms with van der Waals surface area (Å²) in [5.41, 5.74) is 5.63. The van der Waals surface area contributed by atoms with Gasteiger partial charge in [0.15, 0.2) is 0 Å². The molecule has 0 saturated carbocycles. The fraction of sp³-hybridized carbons (Fsp3) is 0.458. The van der Waals surface area contributed by atoms with E-state index in [0.29, 0.717) is 6.54 Å². The van der Waals surface area contributed by atoms with Crippen LogP contribution in [0, 0.1) is 5.82 Å². The number of hydrogen-bond acceptors (Lipinski definition) is 2. The Morgan fingerprint density at radius 1 is 1.21 bits per heavy atom. The van der Waals surface area contributed by atoms with Gasteiger partial charge in [0.1, 0.15) is 11.5 Å². The van der Waals surface area contributed by atoms with Crippen molar-refractivity contribution in [3.8, 4) is 0 Å². The van der Waals surface area contributed by atoms with Crippen LogP contribution in [0.5, 0.6) is 0 Å². The lowest BCUT2D eigenvalue weighted by atomic mass is 9.85. The predicted molar refractivity (Wildman–Crippen MR) is 109 cm³/mol. The summed E-state index contributed by atoms with van der Waals surface area (Å²) in [4.78, 5) is 6.87. The Hall–Kier alpha value is -2.07. The average Bonchev–Trinajstić information content (AvgIpc) is 2.98. The number of fused-ring (bicyclic) bond motifs is 2. The van der Waals surface area contributed by atoms with Gasteiger partial charge in [-0.15, -0.1) is 0 Å². The second kappa shape index (κ2) is 7.07. The van der Waals surface area contributed by atoms with Crippen molar-refractivity contribution in [1.82, 2.24) is 9.88 Å². The highest BCUT2D eigenvalue weighted by Crippen LogP contribution is 2.49. The third kappa shape index (κ3) is 3.50. The standard InChI is InChI=1S/C24H28F2N2/c1-5-19-8-6-16(13-27-19)23-22-12-17-11-18(25)7-9-20(17)21(22)10-15(2)28(23)14-24(3,4)26/h6-9,11,13,15,23H,5,10,12,14H2,1-4H3. The summed E-state index contributed by atoms with van der Waals surface area (Å²) in [5.74, 6) is -0.195. The topological polar surface area (TPSA) is 16.1 Å². The summed E-state index contributed by atoms with van der Waals surface area (Å²) in [6.45, 7) is 7.88. The molecule has 0 amide bonds. The van der Waals surface area contributed by atoms with E-state index in [0.717, 1.165) is 41.6 Å². The lowest BCUT2D eigenvalue weighted by Gasteiger charge is -2.44. The Morgan fingerprint density at radius 2 is 2.00 bits per heavy atom. The van der Waals surface area contributed by atoms with Gasteiger partial charge in [0, 0.05) is 24.5 Å². The highest BCUT2D eigenvalue weighted by molar-refractivity contribution is 5.79. The lowest BCUT2D eigenvalue weighted by Crippen LogP contribution is -2.46. The number of aryl methyl sites for hydroxylation is 1. The van der Waals surface area contributed by atoms with Gasteiger partial charge in [0.2, 0.25) is 0 Å². The van der Waals surface area contributed by atoms with E-state index >= 15 is 0 Å². The molecule has 1 aliphatic carbocycles. The van der Waals surface area contributed by atoms with E-state index in [1.54, 1.807) is 26.0 Å². The van der Waals surface area contributed by atoms with E-state index in [2.05, 4.69) is 35.9 Å². The SMILES string of the molecule is CCc1ccc(C2C3=C(CC(C)N2CC(C)(C)F)c2ccc(F)cc2C3)cn1. The summed E-state index contributed by atoms with van der Waals surface area (Å²) in [5, 5.41) is 0. The quantitative estimate of drug-likeness (QED) is 0.677. The van der Waals surface area contributed by atoms with Gasteiger partial charge >= 0.3 is 0 Å². The predicted octanol–water partition coefficient (Wildman–Crippen LogP) is 5.68. The van der Waals surface area contributed by atoms with Crippen LogP contribution in [0.2, 0.25) is 0 Å². The molecule has 0 fully saturated rings. The van der Waals surface area contributed by atoms with Crippen LogP contribution in [0.3, 0.4) is 0 Å². The summed E-state index contributed by atoms with van der Waals surface area (Å²) < 4.78 is 28.5. The van der Waals surface area contributed by atoms with Gasteiger partial charge in [-0.2, -0.15) is 0 Å². The Morgan fingerprint density at radius 3 is 2.64 bits per heavy atom.